The first-order chi connectivity index (χ1) is 16.8. The van der Waals surface area contributed by atoms with E-state index in [2.05, 4.69) is 25.9 Å². The van der Waals surface area contributed by atoms with Gasteiger partial charge >= 0.3 is 0 Å². The number of ether oxygens (including phenoxy) is 1. The van der Waals surface area contributed by atoms with Crippen molar-refractivity contribution in [2.24, 2.45) is 0 Å². The number of H-pyrrole nitrogens is 1. The standard InChI is InChI=1S/C24H25F3N6O2/c1-14-5-3-6-15(2)22(14)35-20(12-21(26)27)24(34)28-19-9-8-17(33-10-4-7-16(25)13-33)11-18(19)23-29-31-32-30-23/h3,5-9,11,20-21H,4,10,12-13H2,1-2H3,(H,28,34)(H,29,30,31,32)/t20-/m0/s1. The van der Waals surface area contributed by atoms with E-state index in [1.54, 1.807) is 50.3 Å². The van der Waals surface area contributed by atoms with Gasteiger partial charge in [0.1, 0.15) is 11.6 Å². The second-order valence-electron chi connectivity index (χ2n) is 8.27. The first-order valence-electron chi connectivity index (χ1n) is 11.1. The van der Waals surface area contributed by atoms with Crippen LogP contribution < -0.4 is 15.0 Å². The van der Waals surface area contributed by atoms with E-state index >= 15 is 0 Å². The highest BCUT2D eigenvalue weighted by molar-refractivity contribution is 5.98. The maximum atomic E-state index is 13.8. The minimum Gasteiger partial charge on any atom is -0.480 e. The number of carbonyl (C=O) groups excluding carboxylic acids is 1. The van der Waals surface area contributed by atoms with E-state index in [1.165, 1.54) is 0 Å². The summed E-state index contributed by atoms with van der Waals surface area (Å²) in [6.45, 7) is 4.30. The van der Waals surface area contributed by atoms with Gasteiger partial charge < -0.3 is 15.0 Å². The molecule has 8 nitrogen and oxygen atoms in total. The molecule has 0 spiro atoms. The predicted molar refractivity (Wildman–Crippen MR) is 125 cm³/mol. The second kappa shape index (κ2) is 10.6. The Balaban J connectivity index is 1.62. The molecule has 11 heteroatoms. The van der Waals surface area contributed by atoms with Crippen LogP contribution in [0.5, 0.6) is 5.75 Å². The smallest absolute Gasteiger partial charge is 0.265 e. The first kappa shape index (κ1) is 24.2. The Labute approximate surface area is 200 Å². The van der Waals surface area contributed by atoms with Crippen molar-refractivity contribution in [1.29, 1.82) is 0 Å². The molecule has 4 rings (SSSR count). The molecule has 1 atom stereocenters. The maximum absolute atomic E-state index is 13.8. The second-order valence-corrected chi connectivity index (χ2v) is 8.27. The van der Waals surface area contributed by atoms with Crippen LogP contribution in [0.4, 0.5) is 24.5 Å². The minimum atomic E-state index is -2.75. The van der Waals surface area contributed by atoms with Crippen molar-refractivity contribution in [3.05, 3.63) is 59.4 Å². The number of halogens is 3. The average Bonchev–Trinajstić information content (AvgIpc) is 3.35. The van der Waals surface area contributed by atoms with E-state index in [4.69, 9.17) is 4.74 Å². The Morgan fingerprint density at radius 2 is 2.00 bits per heavy atom. The first-order valence-corrected chi connectivity index (χ1v) is 11.1. The summed E-state index contributed by atoms with van der Waals surface area (Å²) in [6.07, 6.45) is -2.86. The highest BCUT2D eigenvalue weighted by atomic mass is 19.3. The summed E-state index contributed by atoms with van der Waals surface area (Å²) in [5.41, 5.74) is 2.86. The number of carbonyl (C=O) groups is 1. The largest absolute Gasteiger partial charge is 0.480 e. The number of aromatic nitrogens is 4. The van der Waals surface area contributed by atoms with E-state index in [9.17, 15) is 18.0 Å². The van der Waals surface area contributed by atoms with Crippen LogP contribution in [0.25, 0.3) is 11.4 Å². The number of aromatic amines is 1. The Morgan fingerprint density at radius 3 is 2.66 bits per heavy atom. The van der Waals surface area contributed by atoms with Crippen LogP contribution in [0.15, 0.2) is 48.3 Å². The average molecular weight is 486 g/mol. The summed E-state index contributed by atoms with van der Waals surface area (Å²) in [5.74, 6) is -0.385. The Morgan fingerprint density at radius 1 is 1.23 bits per heavy atom. The van der Waals surface area contributed by atoms with Gasteiger partial charge in [-0.1, -0.05) is 18.2 Å². The van der Waals surface area contributed by atoms with Crippen LogP contribution in [-0.4, -0.2) is 52.2 Å². The summed E-state index contributed by atoms with van der Waals surface area (Å²) in [4.78, 5) is 15.0. The molecule has 2 heterocycles. The van der Waals surface area contributed by atoms with Gasteiger partial charge in [-0.2, -0.15) is 5.21 Å². The molecule has 2 aromatic carbocycles. The number of para-hydroxylation sites is 1. The number of alkyl halides is 2. The highest BCUT2D eigenvalue weighted by Gasteiger charge is 2.27. The number of anilines is 2. The van der Waals surface area contributed by atoms with Crippen LogP contribution in [0.3, 0.4) is 0 Å². The molecule has 1 aliphatic rings. The fourth-order valence-electron chi connectivity index (χ4n) is 3.93. The van der Waals surface area contributed by atoms with Gasteiger partial charge in [0, 0.05) is 17.8 Å². The van der Waals surface area contributed by atoms with E-state index in [0.717, 1.165) is 11.1 Å². The molecule has 184 valence electrons. The summed E-state index contributed by atoms with van der Waals surface area (Å²) in [5, 5.41) is 16.6. The number of hydrogen-bond acceptors (Lipinski definition) is 6. The van der Waals surface area contributed by atoms with E-state index in [0.29, 0.717) is 30.0 Å². The van der Waals surface area contributed by atoms with Crippen molar-refractivity contribution in [1.82, 2.24) is 20.6 Å². The van der Waals surface area contributed by atoms with Crippen molar-refractivity contribution in [3.8, 4) is 17.1 Å². The number of hydrogen-bond donors (Lipinski definition) is 2. The number of tetrazole rings is 1. The van der Waals surface area contributed by atoms with Crippen molar-refractivity contribution >= 4 is 17.3 Å². The van der Waals surface area contributed by atoms with Crippen LogP contribution >= 0.6 is 0 Å². The zero-order chi connectivity index (χ0) is 24.9. The molecule has 0 saturated heterocycles. The zero-order valence-corrected chi connectivity index (χ0v) is 19.3. The normalized spacial score (nSPS) is 14.6. The molecule has 2 N–H and O–H groups in total. The van der Waals surface area contributed by atoms with Gasteiger partial charge in [-0.25, -0.2) is 13.2 Å². The van der Waals surface area contributed by atoms with E-state index in [-0.39, 0.29) is 23.9 Å². The van der Waals surface area contributed by atoms with Crippen molar-refractivity contribution in [2.75, 3.05) is 23.3 Å². The summed E-state index contributed by atoms with van der Waals surface area (Å²) in [6, 6.07) is 10.4. The molecule has 1 amide bonds. The molecular formula is C24H25F3N6O2. The summed E-state index contributed by atoms with van der Waals surface area (Å²) < 4.78 is 46.3. The Hall–Kier alpha value is -3.89. The fraction of sp³-hybridized carbons (Fsp3) is 0.333. The van der Waals surface area contributed by atoms with Crippen LogP contribution in [0.1, 0.15) is 24.0 Å². The fourth-order valence-corrected chi connectivity index (χ4v) is 3.93. The van der Waals surface area contributed by atoms with Crippen molar-refractivity contribution in [2.45, 2.75) is 39.2 Å². The zero-order valence-electron chi connectivity index (χ0n) is 19.3. The minimum absolute atomic E-state index is 0.122. The molecule has 0 unspecified atom stereocenters. The number of rotatable bonds is 8. The van der Waals surface area contributed by atoms with Crippen LogP contribution in [0.2, 0.25) is 0 Å². The van der Waals surface area contributed by atoms with Gasteiger partial charge in [-0.3, -0.25) is 4.79 Å². The molecule has 0 radical (unpaired) electrons. The van der Waals surface area contributed by atoms with Crippen LogP contribution in [0, 0.1) is 13.8 Å². The van der Waals surface area contributed by atoms with Gasteiger partial charge in [-0.05, 0) is 60.9 Å². The third-order valence-corrected chi connectivity index (χ3v) is 5.67. The van der Waals surface area contributed by atoms with Gasteiger partial charge in [0.2, 0.25) is 12.2 Å². The molecule has 0 bridgehead atoms. The number of amides is 1. The van der Waals surface area contributed by atoms with Gasteiger partial charge in [0.05, 0.1) is 18.7 Å². The summed E-state index contributed by atoms with van der Waals surface area (Å²) in [7, 11) is 0. The van der Waals surface area contributed by atoms with Crippen molar-refractivity contribution < 1.29 is 22.7 Å². The predicted octanol–water partition coefficient (Wildman–Crippen LogP) is 4.59. The molecule has 35 heavy (non-hydrogen) atoms. The number of nitrogens with zero attached hydrogens (tertiary/aromatic N) is 4. The lowest BCUT2D eigenvalue weighted by atomic mass is 10.1. The lowest BCUT2D eigenvalue weighted by Gasteiger charge is -2.27. The monoisotopic (exact) mass is 486 g/mol. The number of aryl methyl sites for hydroxylation is 2. The van der Waals surface area contributed by atoms with E-state index in [1.807, 2.05) is 11.0 Å². The third kappa shape index (κ3) is 5.79. The maximum Gasteiger partial charge on any atom is 0.265 e. The number of nitrogens with one attached hydrogen (secondary N) is 2. The third-order valence-electron chi connectivity index (χ3n) is 5.67. The van der Waals surface area contributed by atoms with Gasteiger partial charge in [0.15, 0.2) is 6.10 Å². The van der Waals surface area contributed by atoms with Crippen LogP contribution in [-0.2, 0) is 4.79 Å². The van der Waals surface area contributed by atoms with Crippen molar-refractivity contribution in [3.63, 3.8) is 0 Å². The van der Waals surface area contributed by atoms with Gasteiger partial charge in [-0.15, -0.1) is 10.2 Å². The lowest BCUT2D eigenvalue weighted by Crippen LogP contribution is -2.35. The van der Waals surface area contributed by atoms with Gasteiger partial charge in [0.25, 0.3) is 5.91 Å². The summed E-state index contributed by atoms with van der Waals surface area (Å²) >= 11 is 0. The topological polar surface area (TPSA) is 96.0 Å². The lowest BCUT2D eigenvalue weighted by molar-refractivity contribution is -0.124. The molecule has 0 aliphatic carbocycles. The molecule has 1 aliphatic heterocycles. The molecule has 0 fully saturated rings. The Bertz CT molecular complexity index is 1200. The molecule has 1 aromatic heterocycles. The highest BCUT2D eigenvalue weighted by Crippen LogP contribution is 2.32. The quantitative estimate of drug-likeness (QED) is 0.484. The van der Waals surface area contributed by atoms with E-state index < -0.39 is 24.9 Å². The molecular weight excluding hydrogens is 461 g/mol. The molecule has 3 aromatic rings. The molecule has 0 saturated carbocycles. The SMILES string of the molecule is Cc1cccc(C)c1O[C@@H](CC(F)F)C(=O)Nc1ccc(N2CCC=C(F)C2)cc1-c1nn[nH]n1. The number of benzene rings is 2. The Kier molecular flexibility index (Phi) is 7.33.